The fourth-order valence-corrected chi connectivity index (χ4v) is 3.22. The number of nitrogens with zero attached hydrogens (tertiary/aromatic N) is 3. The van der Waals surface area contributed by atoms with Gasteiger partial charge in [0.05, 0.1) is 22.1 Å². The molecule has 2 aromatic carbocycles. The molecule has 3 rings (SSSR count). The maximum atomic E-state index is 12.4. The van der Waals surface area contributed by atoms with Crippen molar-refractivity contribution in [2.75, 3.05) is 9.62 Å². The normalized spacial score (nSPS) is 10.6. The summed E-state index contributed by atoms with van der Waals surface area (Å²) in [4.78, 5) is 12.4. The van der Waals surface area contributed by atoms with Crippen molar-refractivity contribution in [1.29, 1.82) is 0 Å². The third kappa shape index (κ3) is 4.00. The van der Waals surface area contributed by atoms with Crippen LogP contribution in [0.5, 0.6) is 0 Å². The van der Waals surface area contributed by atoms with Crippen LogP contribution in [0, 0.1) is 0 Å². The molecule has 25 heavy (non-hydrogen) atoms. The van der Waals surface area contributed by atoms with Crippen molar-refractivity contribution in [2.45, 2.75) is 0 Å². The van der Waals surface area contributed by atoms with Crippen molar-refractivity contribution in [2.24, 2.45) is 7.05 Å². The Kier molecular flexibility index (Phi) is 5.36. The number of amides is 2. The van der Waals surface area contributed by atoms with Crippen molar-refractivity contribution in [1.82, 2.24) is 9.78 Å². The van der Waals surface area contributed by atoms with Gasteiger partial charge in [0.1, 0.15) is 0 Å². The number of aryl methyl sites for hydroxylation is 1. The molecule has 0 aliphatic heterocycles. The summed E-state index contributed by atoms with van der Waals surface area (Å²) in [7, 11) is 1.86. The molecule has 0 atom stereocenters. The fraction of sp³-hybridized carbons (Fsp3) is 0.0588. The van der Waals surface area contributed by atoms with Gasteiger partial charge in [-0.05, 0) is 52.3 Å². The zero-order valence-electron chi connectivity index (χ0n) is 13.1. The van der Waals surface area contributed by atoms with Crippen molar-refractivity contribution < 1.29 is 4.79 Å². The Morgan fingerprint density at radius 2 is 2.00 bits per heavy atom. The number of aromatic nitrogens is 2. The summed E-state index contributed by atoms with van der Waals surface area (Å²) < 4.78 is 3.89. The summed E-state index contributed by atoms with van der Waals surface area (Å²) >= 11 is 13.7. The first-order valence-electron chi connectivity index (χ1n) is 7.29. The van der Waals surface area contributed by atoms with E-state index in [2.05, 4.69) is 39.2 Å². The molecule has 0 spiro atoms. The highest BCUT2D eigenvalue weighted by Crippen LogP contribution is 2.30. The number of carbonyl (C=O) groups excluding carboxylic acids is 1. The van der Waals surface area contributed by atoms with Crippen LogP contribution in [0.3, 0.4) is 0 Å². The minimum Gasteiger partial charge on any atom is -0.307 e. The summed E-state index contributed by atoms with van der Waals surface area (Å²) in [6.07, 6.45) is 1.73. The minimum absolute atomic E-state index is 0.369. The summed E-state index contributed by atoms with van der Waals surface area (Å²) in [5.41, 5.74) is 3.11. The lowest BCUT2D eigenvalue weighted by molar-refractivity contribution is 0.260. The predicted molar refractivity (Wildman–Crippen MR) is 108 cm³/mol. The molecule has 0 radical (unpaired) electrons. The van der Waals surface area contributed by atoms with Crippen LogP contribution in [0.2, 0.25) is 5.02 Å². The first-order valence-corrected chi connectivity index (χ1v) is 8.86. The van der Waals surface area contributed by atoms with Crippen molar-refractivity contribution in [3.8, 4) is 11.3 Å². The SMILES string of the molecule is Cn1ncc(Br)c1-c1cccc(N(S)C(=O)Nc2ccc(Cl)cc2)c1. The number of anilines is 2. The molecule has 0 aliphatic rings. The minimum atomic E-state index is -0.369. The van der Waals surface area contributed by atoms with Gasteiger partial charge in [0.15, 0.2) is 0 Å². The molecule has 3 aromatic rings. The molecular weight excluding hydrogens is 424 g/mol. The van der Waals surface area contributed by atoms with E-state index in [-0.39, 0.29) is 6.03 Å². The Hall–Kier alpha value is -1.96. The van der Waals surface area contributed by atoms with E-state index in [1.54, 1.807) is 35.1 Å². The van der Waals surface area contributed by atoms with Crippen molar-refractivity contribution in [3.63, 3.8) is 0 Å². The molecule has 0 bridgehead atoms. The fourth-order valence-electron chi connectivity index (χ4n) is 2.35. The number of hydrogen-bond acceptors (Lipinski definition) is 3. The molecule has 0 aliphatic carbocycles. The lowest BCUT2D eigenvalue weighted by Crippen LogP contribution is -2.26. The molecule has 0 fully saturated rings. The van der Waals surface area contributed by atoms with Gasteiger partial charge in [-0.2, -0.15) is 5.10 Å². The second kappa shape index (κ2) is 7.51. The van der Waals surface area contributed by atoms with Crippen LogP contribution in [0.4, 0.5) is 16.2 Å². The Morgan fingerprint density at radius 3 is 2.64 bits per heavy atom. The van der Waals surface area contributed by atoms with E-state index in [1.165, 1.54) is 4.31 Å². The second-order valence-corrected chi connectivity index (χ2v) is 6.95. The highest BCUT2D eigenvalue weighted by Gasteiger charge is 2.15. The number of hydrogen-bond donors (Lipinski definition) is 2. The summed E-state index contributed by atoms with van der Waals surface area (Å²) in [6, 6.07) is 14.0. The topological polar surface area (TPSA) is 50.2 Å². The summed E-state index contributed by atoms with van der Waals surface area (Å²) in [5, 5.41) is 7.59. The third-order valence-corrected chi connectivity index (χ3v) is 4.79. The first kappa shape index (κ1) is 17.8. The van der Waals surface area contributed by atoms with Crippen LogP contribution >= 0.6 is 40.3 Å². The molecule has 8 heteroatoms. The summed E-state index contributed by atoms with van der Waals surface area (Å²) in [6.45, 7) is 0. The number of nitrogens with one attached hydrogen (secondary N) is 1. The zero-order chi connectivity index (χ0) is 18.0. The Balaban J connectivity index is 1.82. The van der Waals surface area contributed by atoms with E-state index in [9.17, 15) is 4.79 Å². The standard InChI is InChI=1S/C17H14BrClN4OS/c1-22-16(15(18)10-20-22)11-3-2-4-14(9-11)23(25)17(24)21-13-7-5-12(19)6-8-13/h2-10,25H,1H3,(H,21,24). The Labute approximate surface area is 164 Å². The highest BCUT2D eigenvalue weighted by atomic mass is 79.9. The molecule has 0 saturated heterocycles. The largest absolute Gasteiger partial charge is 0.336 e. The summed E-state index contributed by atoms with van der Waals surface area (Å²) in [5.74, 6) is 0. The van der Waals surface area contributed by atoms with E-state index >= 15 is 0 Å². The maximum Gasteiger partial charge on any atom is 0.336 e. The lowest BCUT2D eigenvalue weighted by Gasteiger charge is -2.17. The second-order valence-electron chi connectivity index (χ2n) is 5.26. The van der Waals surface area contributed by atoms with Crippen molar-refractivity contribution >= 4 is 57.8 Å². The van der Waals surface area contributed by atoms with Crippen LogP contribution in [-0.4, -0.2) is 15.8 Å². The average Bonchev–Trinajstić information content (AvgIpc) is 2.95. The van der Waals surface area contributed by atoms with Gasteiger partial charge < -0.3 is 5.32 Å². The molecule has 0 saturated carbocycles. The zero-order valence-corrected chi connectivity index (χ0v) is 16.4. The van der Waals surface area contributed by atoms with Crippen LogP contribution in [0.1, 0.15) is 0 Å². The van der Waals surface area contributed by atoms with Gasteiger partial charge in [-0.25, -0.2) is 9.10 Å². The van der Waals surface area contributed by atoms with Gasteiger partial charge in [0, 0.05) is 23.3 Å². The predicted octanol–water partition coefficient (Wildman–Crippen LogP) is 5.39. The van der Waals surface area contributed by atoms with E-state index in [0.29, 0.717) is 16.4 Å². The molecule has 1 N–H and O–H groups in total. The first-order chi connectivity index (χ1) is 12.0. The molecular formula is C17H14BrClN4OS. The van der Waals surface area contributed by atoms with Crippen LogP contribution in [0.25, 0.3) is 11.3 Å². The van der Waals surface area contributed by atoms with Crippen LogP contribution < -0.4 is 9.62 Å². The molecule has 0 unspecified atom stereocenters. The molecule has 1 heterocycles. The Bertz CT molecular complexity index is 894. The number of thiol groups is 1. The highest BCUT2D eigenvalue weighted by molar-refractivity contribution is 9.10. The number of rotatable bonds is 3. The van der Waals surface area contributed by atoms with Gasteiger partial charge in [-0.3, -0.25) is 4.68 Å². The van der Waals surface area contributed by atoms with Gasteiger partial charge in [0.25, 0.3) is 0 Å². The number of carbonyl (C=O) groups is 1. The van der Waals surface area contributed by atoms with Crippen LogP contribution in [-0.2, 0) is 7.05 Å². The van der Waals surface area contributed by atoms with Gasteiger partial charge in [-0.1, -0.05) is 36.5 Å². The van der Waals surface area contributed by atoms with Gasteiger partial charge >= 0.3 is 6.03 Å². The number of halogens is 2. The van der Waals surface area contributed by atoms with E-state index in [0.717, 1.165) is 15.7 Å². The monoisotopic (exact) mass is 436 g/mol. The number of urea groups is 1. The van der Waals surface area contributed by atoms with Crippen molar-refractivity contribution in [3.05, 3.63) is 64.2 Å². The molecule has 5 nitrogen and oxygen atoms in total. The van der Waals surface area contributed by atoms with E-state index in [1.807, 2.05) is 31.3 Å². The molecule has 128 valence electrons. The smallest absolute Gasteiger partial charge is 0.307 e. The van der Waals surface area contributed by atoms with E-state index < -0.39 is 0 Å². The number of benzene rings is 2. The molecule has 2 amide bonds. The lowest BCUT2D eigenvalue weighted by atomic mass is 10.1. The molecule has 1 aromatic heterocycles. The Morgan fingerprint density at radius 1 is 1.28 bits per heavy atom. The maximum absolute atomic E-state index is 12.4. The third-order valence-electron chi connectivity index (χ3n) is 3.55. The van der Waals surface area contributed by atoms with E-state index in [4.69, 9.17) is 11.6 Å². The quantitative estimate of drug-likeness (QED) is 0.540. The van der Waals surface area contributed by atoms with Gasteiger partial charge in [0.2, 0.25) is 0 Å². The average molecular weight is 438 g/mol. The van der Waals surface area contributed by atoms with Gasteiger partial charge in [-0.15, -0.1) is 0 Å². The van der Waals surface area contributed by atoms with Crippen LogP contribution in [0.15, 0.2) is 59.2 Å².